The summed E-state index contributed by atoms with van der Waals surface area (Å²) in [6.45, 7) is 2.44. The van der Waals surface area contributed by atoms with E-state index in [2.05, 4.69) is 5.10 Å². The number of rotatable bonds is 4. The zero-order valence-corrected chi connectivity index (χ0v) is 8.81. The average molecular weight is 202 g/mol. The summed E-state index contributed by atoms with van der Waals surface area (Å²) in [5.74, 6) is 0.242. The normalized spacial score (nSPS) is 10.7. The second-order valence-corrected chi connectivity index (χ2v) is 3.76. The van der Waals surface area contributed by atoms with Crippen LogP contribution in [0.3, 0.4) is 0 Å². The summed E-state index contributed by atoms with van der Waals surface area (Å²) in [6, 6.07) is 8.03. The molecule has 0 N–H and O–H groups in total. The van der Waals surface area contributed by atoms with Crippen LogP contribution in [0, 0.1) is 0 Å². The predicted molar refractivity (Wildman–Crippen MR) is 59.6 cm³/mol. The lowest BCUT2D eigenvalue weighted by Crippen LogP contribution is -2.00. The Labute approximate surface area is 88.7 Å². The lowest BCUT2D eigenvalue weighted by molar-refractivity contribution is -0.117. The van der Waals surface area contributed by atoms with Gasteiger partial charge in [-0.05, 0) is 19.4 Å². The van der Waals surface area contributed by atoms with Gasteiger partial charge in [-0.15, -0.1) is 0 Å². The van der Waals surface area contributed by atoms with Crippen molar-refractivity contribution >= 4 is 16.7 Å². The number of fused-ring (bicyclic) bond motifs is 1. The number of hydrogen-bond donors (Lipinski definition) is 0. The third kappa shape index (κ3) is 2.43. The number of aromatic nitrogens is 2. The molecule has 0 radical (unpaired) electrons. The van der Waals surface area contributed by atoms with Crippen molar-refractivity contribution in [2.45, 2.75) is 26.3 Å². The van der Waals surface area contributed by atoms with Crippen LogP contribution in [0.15, 0.2) is 30.5 Å². The summed E-state index contributed by atoms with van der Waals surface area (Å²) in [5, 5.41) is 5.57. The summed E-state index contributed by atoms with van der Waals surface area (Å²) >= 11 is 0. The largest absolute Gasteiger partial charge is 0.300 e. The summed E-state index contributed by atoms with van der Waals surface area (Å²) < 4.78 is 1.91. The first-order chi connectivity index (χ1) is 7.25. The van der Waals surface area contributed by atoms with Crippen LogP contribution >= 0.6 is 0 Å². The van der Waals surface area contributed by atoms with Gasteiger partial charge in [0.25, 0.3) is 0 Å². The van der Waals surface area contributed by atoms with Crippen LogP contribution in [0.1, 0.15) is 19.8 Å². The van der Waals surface area contributed by atoms with E-state index in [1.165, 1.54) is 0 Å². The molecule has 78 valence electrons. The van der Waals surface area contributed by atoms with Crippen LogP contribution in [0.2, 0.25) is 0 Å². The van der Waals surface area contributed by atoms with Crippen molar-refractivity contribution in [3.8, 4) is 0 Å². The van der Waals surface area contributed by atoms with Crippen molar-refractivity contribution in [3.63, 3.8) is 0 Å². The highest BCUT2D eigenvalue weighted by Crippen LogP contribution is 2.11. The number of ketones is 1. The van der Waals surface area contributed by atoms with E-state index in [0.717, 1.165) is 23.9 Å². The van der Waals surface area contributed by atoms with Gasteiger partial charge in [-0.1, -0.05) is 18.2 Å². The maximum absolute atomic E-state index is 10.8. The number of aryl methyl sites for hydroxylation is 1. The Morgan fingerprint density at radius 1 is 1.40 bits per heavy atom. The van der Waals surface area contributed by atoms with Crippen LogP contribution in [0.4, 0.5) is 0 Å². The Balaban J connectivity index is 2.05. The van der Waals surface area contributed by atoms with E-state index in [1.54, 1.807) is 6.92 Å². The molecule has 15 heavy (non-hydrogen) atoms. The van der Waals surface area contributed by atoms with Crippen LogP contribution in [-0.4, -0.2) is 15.6 Å². The fraction of sp³-hybridized carbons (Fsp3) is 0.333. The van der Waals surface area contributed by atoms with Crippen molar-refractivity contribution in [2.75, 3.05) is 0 Å². The fourth-order valence-corrected chi connectivity index (χ4v) is 1.62. The molecule has 3 heteroatoms. The van der Waals surface area contributed by atoms with Crippen molar-refractivity contribution in [1.82, 2.24) is 9.78 Å². The topological polar surface area (TPSA) is 34.9 Å². The fourth-order valence-electron chi connectivity index (χ4n) is 1.62. The number of Topliss-reactive ketones (excluding diaryl/α,β-unsaturated/α-hetero) is 1. The van der Waals surface area contributed by atoms with Gasteiger partial charge in [0.2, 0.25) is 0 Å². The molecule has 0 saturated heterocycles. The minimum atomic E-state index is 0.242. The minimum absolute atomic E-state index is 0.242. The van der Waals surface area contributed by atoms with Gasteiger partial charge in [0.15, 0.2) is 0 Å². The Morgan fingerprint density at radius 3 is 2.93 bits per heavy atom. The van der Waals surface area contributed by atoms with Gasteiger partial charge in [0.05, 0.1) is 5.52 Å². The Kier molecular flexibility index (Phi) is 2.81. The molecule has 0 aliphatic rings. The molecular weight excluding hydrogens is 188 g/mol. The second kappa shape index (κ2) is 4.26. The molecule has 0 saturated carbocycles. The van der Waals surface area contributed by atoms with Crippen molar-refractivity contribution < 1.29 is 4.79 Å². The number of nitrogens with zero attached hydrogens (tertiary/aromatic N) is 2. The molecule has 1 aromatic heterocycles. The number of carbonyl (C=O) groups excluding carboxylic acids is 1. The van der Waals surface area contributed by atoms with Gasteiger partial charge in [-0.25, -0.2) is 0 Å². The van der Waals surface area contributed by atoms with Gasteiger partial charge in [0.1, 0.15) is 5.78 Å². The molecule has 0 amide bonds. The van der Waals surface area contributed by atoms with E-state index < -0.39 is 0 Å². The molecule has 2 aromatic rings. The van der Waals surface area contributed by atoms with Gasteiger partial charge in [-0.3, -0.25) is 4.68 Å². The van der Waals surface area contributed by atoms with E-state index >= 15 is 0 Å². The molecule has 1 aromatic carbocycles. The van der Waals surface area contributed by atoms with Crippen molar-refractivity contribution in [3.05, 3.63) is 30.5 Å². The molecule has 1 heterocycles. The third-order valence-corrected chi connectivity index (χ3v) is 2.38. The molecule has 0 spiro atoms. The van der Waals surface area contributed by atoms with E-state index in [-0.39, 0.29) is 5.78 Å². The first kappa shape index (κ1) is 9.90. The van der Waals surface area contributed by atoms with Crippen LogP contribution in [-0.2, 0) is 11.3 Å². The molecular formula is C12H14N2O. The smallest absolute Gasteiger partial charge is 0.129 e. The van der Waals surface area contributed by atoms with E-state index in [4.69, 9.17) is 0 Å². The first-order valence-electron chi connectivity index (χ1n) is 5.17. The molecule has 2 rings (SSSR count). The molecule has 0 unspecified atom stereocenters. The second-order valence-electron chi connectivity index (χ2n) is 3.76. The maximum atomic E-state index is 10.8. The third-order valence-electron chi connectivity index (χ3n) is 2.38. The highest BCUT2D eigenvalue weighted by atomic mass is 16.1. The first-order valence-corrected chi connectivity index (χ1v) is 5.17. The van der Waals surface area contributed by atoms with Gasteiger partial charge in [-0.2, -0.15) is 5.10 Å². The summed E-state index contributed by atoms with van der Waals surface area (Å²) in [7, 11) is 0. The monoisotopic (exact) mass is 202 g/mol. The van der Waals surface area contributed by atoms with E-state index in [0.29, 0.717) is 6.42 Å². The molecule has 3 nitrogen and oxygen atoms in total. The zero-order chi connectivity index (χ0) is 10.7. The Morgan fingerprint density at radius 2 is 2.20 bits per heavy atom. The predicted octanol–water partition coefficient (Wildman–Crippen LogP) is 2.41. The molecule has 0 atom stereocenters. The lowest BCUT2D eigenvalue weighted by atomic mass is 10.2. The van der Waals surface area contributed by atoms with Gasteiger partial charge >= 0.3 is 0 Å². The van der Waals surface area contributed by atoms with Gasteiger partial charge in [0, 0.05) is 24.5 Å². The molecule has 0 aliphatic heterocycles. The van der Waals surface area contributed by atoms with Gasteiger partial charge < -0.3 is 4.79 Å². The summed E-state index contributed by atoms with van der Waals surface area (Å²) in [5.41, 5.74) is 1.01. The molecule has 0 fully saturated rings. The highest BCUT2D eigenvalue weighted by Gasteiger charge is 1.99. The van der Waals surface area contributed by atoms with E-state index in [9.17, 15) is 4.79 Å². The van der Waals surface area contributed by atoms with Crippen LogP contribution in [0.25, 0.3) is 10.9 Å². The Bertz CT molecular complexity index is 440. The minimum Gasteiger partial charge on any atom is -0.300 e. The molecule has 0 aliphatic carbocycles. The van der Waals surface area contributed by atoms with Crippen molar-refractivity contribution in [2.24, 2.45) is 0 Å². The highest BCUT2D eigenvalue weighted by molar-refractivity contribution is 5.77. The number of carbonyl (C=O) groups is 1. The summed E-state index contributed by atoms with van der Waals surface area (Å²) in [6.07, 6.45) is 3.52. The summed E-state index contributed by atoms with van der Waals surface area (Å²) in [4.78, 5) is 10.8. The molecule has 0 bridgehead atoms. The average Bonchev–Trinajstić information content (AvgIpc) is 2.59. The van der Waals surface area contributed by atoms with Crippen LogP contribution < -0.4 is 0 Å². The number of benzene rings is 1. The Hall–Kier alpha value is -1.64. The van der Waals surface area contributed by atoms with Crippen molar-refractivity contribution in [1.29, 1.82) is 0 Å². The van der Waals surface area contributed by atoms with E-state index in [1.807, 2.05) is 35.1 Å². The number of hydrogen-bond acceptors (Lipinski definition) is 2. The zero-order valence-electron chi connectivity index (χ0n) is 8.81. The standard InChI is InChI=1S/C12H14N2O/c1-10(15)5-4-8-14-9-11-6-2-3-7-12(11)13-14/h2-3,6-7,9H,4-5,8H2,1H3. The quantitative estimate of drug-likeness (QED) is 0.763. The lowest BCUT2D eigenvalue weighted by Gasteiger charge is -1.98. The SMILES string of the molecule is CC(=O)CCCn1cc2ccccc2n1. The maximum Gasteiger partial charge on any atom is 0.129 e. The van der Waals surface area contributed by atoms with Crippen LogP contribution in [0.5, 0.6) is 0 Å².